The summed E-state index contributed by atoms with van der Waals surface area (Å²) in [5.74, 6) is 0.581. The van der Waals surface area contributed by atoms with Crippen LogP contribution in [0.3, 0.4) is 0 Å². The number of hydrogen-bond acceptors (Lipinski definition) is 4. The molecule has 0 unspecified atom stereocenters. The molecule has 134 valence electrons. The number of rotatable bonds is 9. The van der Waals surface area contributed by atoms with Gasteiger partial charge in [0.2, 0.25) is 0 Å². The van der Waals surface area contributed by atoms with Crippen molar-refractivity contribution in [2.24, 2.45) is 0 Å². The van der Waals surface area contributed by atoms with Gasteiger partial charge in [-0.1, -0.05) is 61.7 Å². The smallest absolute Gasteiger partial charge is 0.338 e. The summed E-state index contributed by atoms with van der Waals surface area (Å²) >= 11 is 0. The Kier molecular flexibility index (Phi) is 7.25. The molecule has 26 heavy (non-hydrogen) atoms. The lowest BCUT2D eigenvalue weighted by Gasteiger charge is -2.12. The zero-order chi connectivity index (χ0) is 18.8. The summed E-state index contributed by atoms with van der Waals surface area (Å²) in [6, 6.07) is 14.8. The van der Waals surface area contributed by atoms with E-state index in [0.29, 0.717) is 30.3 Å². The van der Waals surface area contributed by atoms with Gasteiger partial charge in [0.1, 0.15) is 24.7 Å². The maximum atomic E-state index is 11.9. The van der Waals surface area contributed by atoms with Gasteiger partial charge in [0.15, 0.2) is 0 Å². The van der Waals surface area contributed by atoms with Crippen molar-refractivity contribution in [2.45, 2.75) is 6.61 Å². The first-order chi connectivity index (χ1) is 12.7. The first-order valence-electron chi connectivity index (χ1n) is 8.13. The second kappa shape index (κ2) is 9.89. The molecular formula is C22H22O4. The maximum absolute atomic E-state index is 11.9. The van der Waals surface area contributed by atoms with Crippen LogP contribution >= 0.6 is 0 Å². The summed E-state index contributed by atoms with van der Waals surface area (Å²) in [7, 11) is 1.34. The Hall–Kier alpha value is -3.27. The lowest BCUT2D eigenvalue weighted by Crippen LogP contribution is -2.05. The predicted molar refractivity (Wildman–Crippen MR) is 103 cm³/mol. The van der Waals surface area contributed by atoms with Gasteiger partial charge >= 0.3 is 5.97 Å². The van der Waals surface area contributed by atoms with E-state index in [1.807, 2.05) is 36.4 Å². The molecule has 2 rings (SSSR count). The second-order valence-electron chi connectivity index (χ2n) is 5.43. The van der Waals surface area contributed by atoms with Crippen molar-refractivity contribution in [3.8, 4) is 11.5 Å². The van der Waals surface area contributed by atoms with Gasteiger partial charge in [-0.2, -0.15) is 0 Å². The van der Waals surface area contributed by atoms with Gasteiger partial charge in [-0.05, 0) is 23.3 Å². The summed E-state index contributed by atoms with van der Waals surface area (Å²) in [5.41, 5.74) is 2.26. The molecule has 0 radical (unpaired) electrons. The Morgan fingerprint density at radius 2 is 1.73 bits per heavy atom. The van der Waals surface area contributed by atoms with Gasteiger partial charge in [0.05, 0.1) is 12.7 Å². The number of allylic oxidation sites excluding steroid dienone is 2. The van der Waals surface area contributed by atoms with E-state index < -0.39 is 5.97 Å². The van der Waals surface area contributed by atoms with Crippen LogP contribution in [-0.4, -0.2) is 19.7 Å². The molecule has 2 aromatic rings. The Morgan fingerprint density at radius 3 is 2.35 bits per heavy atom. The van der Waals surface area contributed by atoms with Crippen molar-refractivity contribution in [2.75, 3.05) is 13.7 Å². The third-order valence-corrected chi connectivity index (χ3v) is 3.55. The molecule has 0 bridgehead atoms. The van der Waals surface area contributed by atoms with Crippen molar-refractivity contribution in [3.05, 3.63) is 96.6 Å². The van der Waals surface area contributed by atoms with Gasteiger partial charge < -0.3 is 14.2 Å². The van der Waals surface area contributed by atoms with Crippen LogP contribution in [0.1, 0.15) is 15.9 Å². The number of hydrogen-bond donors (Lipinski definition) is 0. The van der Waals surface area contributed by atoms with Gasteiger partial charge in [-0.3, -0.25) is 0 Å². The van der Waals surface area contributed by atoms with E-state index >= 15 is 0 Å². The highest BCUT2D eigenvalue weighted by atomic mass is 16.5. The van der Waals surface area contributed by atoms with Gasteiger partial charge in [0.25, 0.3) is 0 Å². The Balaban J connectivity index is 2.18. The fourth-order valence-corrected chi connectivity index (χ4v) is 2.21. The molecule has 4 heteroatoms. The molecule has 0 heterocycles. The highest BCUT2D eigenvalue weighted by Crippen LogP contribution is 2.25. The first-order valence-corrected chi connectivity index (χ1v) is 8.13. The van der Waals surface area contributed by atoms with Crippen LogP contribution < -0.4 is 9.47 Å². The number of esters is 1. The van der Waals surface area contributed by atoms with Crippen LogP contribution in [0.5, 0.6) is 11.5 Å². The minimum atomic E-state index is -0.453. The number of ether oxygens (including phenoxy) is 3. The van der Waals surface area contributed by atoms with Crippen molar-refractivity contribution in [1.29, 1.82) is 0 Å². The highest BCUT2D eigenvalue weighted by Gasteiger charge is 2.11. The Morgan fingerprint density at radius 1 is 1.04 bits per heavy atom. The van der Waals surface area contributed by atoms with Gasteiger partial charge in [0, 0.05) is 6.07 Å². The molecule has 0 spiro atoms. The zero-order valence-electron chi connectivity index (χ0n) is 14.8. The van der Waals surface area contributed by atoms with E-state index in [1.165, 1.54) is 7.11 Å². The molecule has 2 aromatic carbocycles. The molecular weight excluding hydrogens is 328 g/mol. The molecule has 0 aliphatic carbocycles. The molecule has 0 N–H and O–H groups in total. The van der Waals surface area contributed by atoms with Crippen LogP contribution in [0.25, 0.3) is 0 Å². The second-order valence-corrected chi connectivity index (χ2v) is 5.43. The number of carbonyl (C=O) groups is 1. The molecule has 0 aliphatic rings. The predicted octanol–water partition coefficient (Wildman–Crippen LogP) is 4.73. The first kappa shape index (κ1) is 19.1. The SMILES string of the molecule is C=C/C=C(\C=C)COc1cc(OCc2ccccc2)cc(C(=O)OC)c1. The summed E-state index contributed by atoms with van der Waals surface area (Å²) < 4.78 is 16.4. The van der Waals surface area contributed by atoms with Crippen molar-refractivity contribution < 1.29 is 19.0 Å². The number of carbonyl (C=O) groups excluding carboxylic acids is 1. The molecule has 0 amide bonds. The van der Waals surface area contributed by atoms with Crippen LogP contribution in [-0.2, 0) is 11.3 Å². The van der Waals surface area contributed by atoms with E-state index in [1.54, 1.807) is 30.4 Å². The third kappa shape index (κ3) is 5.67. The maximum Gasteiger partial charge on any atom is 0.338 e. The van der Waals surface area contributed by atoms with Crippen molar-refractivity contribution >= 4 is 5.97 Å². The van der Waals surface area contributed by atoms with E-state index in [9.17, 15) is 4.79 Å². The van der Waals surface area contributed by atoms with Crippen LogP contribution in [0.4, 0.5) is 0 Å². The molecule has 0 saturated heterocycles. The third-order valence-electron chi connectivity index (χ3n) is 3.55. The normalized spacial score (nSPS) is 10.7. The van der Waals surface area contributed by atoms with Crippen LogP contribution in [0, 0.1) is 0 Å². The minimum absolute atomic E-state index is 0.304. The topological polar surface area (TPSA) is 44.8 Å². The van der Waals surface area contributed by atoms with E-state index in [4.69, 9.17) is 14.2 Å². The lowest BCUT2D eigenvalue weighted by atomic mass is 10.2. The summed E-state index contributed by atoms with van der Waals surface area (Å²) in [5, 5.41) is 0. The summed E-state index contributed by atoms with van der Waals surface area (Å²) in [4.78, 5) is 11.9. The molecule has 0 aromatic heterocycles. The van der Waals surface area contributed by atoms with E-state index in [0.717, 1.165) is 11.1 Å². The average Bonchev–Trinajstić information content (AvgIpc) is 2.69. The fourth-order valence-electron chi connectivity index (χ4n) is 2.21. The zero-order valence-corrected chi connectivity index (χ0v) is 14.8. The van der Waals surface area contributed by atoms with Crippen LogP contribution in [0.2, 0.25) is 0 Å². The quantitative estimate of drug-likeness (QED) is 0.484. The minimum Gasteiger partial charge on any atom is -0.489 e. The molecule has 0 fully saturated rings. The van der Waals surface area contributed by atoms with E-state index in [2.05, 4.69) is 13.2 Å². The van der Waals surface area contributed by atoms with Crippen LogP contribution in [0.15, 0.2) is 85.5 Å². The Labute approximate surface area is 154 Å². The standard InChI is InChI=1S/C22H22O4/c1-4-9-17(5-2)15-25-20-12-19(22(23)24-3)13-21(14-20)26-16-18-10-7-6-8-11-18/h4-14H,1-2,15-16H2,3H3/b17-9+. The average molecular weight is 350 g/mol. The van der Waals surface area contributed by atoms with Gasteiger partial charge in [-0.25, -0.2) is 4.79 Å². The summed E-state index contributed by atoms with van der Waals surface area (Å²) in [6.07, 6.45) is 5.17. The fraction of sp³-hybridized carbons (Fsp3) is 0.136. The highest BCUT2D eigenvalue weighted by molar-refractivity contribution is 5.90. The molecule has 4 nitrogen and oxygen atoms in total. The monoisotopic (exact) mass is 350 g/mol. The molecule has 0 atom stereocenters. The van der Waals surface area contributed by atoms with Crippen molar-refractivity contribution in [1.82, 2.24) is 0 Å². The lowest BCUT2D eigenvalue weighted by molar-refractivity contribution is 0.0599. The van der Waals surface area contributed by atoms with Crippen molar-refractivity contribution in [3.63, 3.8) is 0 Å². The largest absolute Gasteiger partial charge is 0.489 e. The van der Waals surface area contributed by atoms with E-state index in [-0.39, 0.29) is 0 Å². The van der Waals surface area contributed by atoms with Gasteiger partial charge in [-0.15, -0.1) is 0 Å². The Bertz CT molecular complexity index is 791. The molecule has 0 aliphatic heterocycles. The molecule has 0 saturated carbocycles. The summed E-state index contributed by atoms with van der Waals surface area (Å²) in [6.45, 7) is 8.09. The number of methoxy groups -OCH3 is 1. The number of benzene rings is 2.